The second-order valence-electron chi connectivity index (χ2n) is 4.22. The molecule has 116 valence electrons. The molecule has 0 atom stereocenters. The molecule has 1 aromatic heterocycles. The van der Waals surface area contributed by atoms with Crippen molar-refractivity contribution in [1.82, 2.24) is 26.0 Å². The number of halogens is 1. The molecule has 3 N–H and O–H groups in total. The second-order valence-corrected chi connectivity index (χ2v) is 5.60. The van der Waals surface area contributed by atoms with Crippen LogP contribution in [-0.4, -0.2) is 32.7 Å². The van der Waals surface area contributed by atoms with Gasteiger partial charge in [-0.2, -0.15) is 0 Å². The molecule has 0 unspecified atom stereocenters. The molecule has 1 aromatic carbocycles. The third-order valence-corrected chi connectivity index (χ3v) is 3.70. The molecular weight excluding hydrogens is 326 g/mol. The van der Waals surface area contributed by atoms with Gasteiger partial charge in [-0.3, -0.25) is 25.5 Å². The Hall–Kier alpha value is -2.06. The van der Waals surface area contributed by atoms with E-state index in [-0.39, 0.29) is 11.7 Å². The van der Waals surface area contributed by atoms with Crippen LogP contribution in [-0.2, 0) is 11.2 Å². The lowest BCUT2D eigenvalue weighted by Crippen LogP contribution is -2.42. The quantitative estimate of drug-likeness (QED) is 0.567. The van der Waals surface area contributed by atoms with E-state index < -0.39 is 5.91 Å². The average Bonchev–Trinajstić information content (AvgIpc) is 2.99. The fourth-order valence-corrected chi connectivity index (χ4v) is 2.21. The summed E-state index contributed by atoms with van der Waals surface area (Å²) in [4.78, 5) is 27.6. The van der Waals surface area contributed by atoms with Crippen LogP contribution in [0, 0.1) is 0 Å². The molecule has 0 bridgehead atoms. The number of nitrogens with zero attached hydrogens (tertiary/aromatic N) is 2. The number of carbonyl (C=O) groups is 2. The molecule has 2 aromatic rings. The standard InChI is InChI=1S/C13H14ClN5O2S/c1-2-10-15-13(19-16-10)22-7-11(20)17-18-12(21)8-3-5-9(14)6-4-8/h3-6H,2,7H2,1H3,(H,17,20)(H,18,21)(H,15,16,19). The van der Waals surface area contributed by atoms with Crippen LogP contribution in [0.3, 0.4) is 0 Å². The molecule has 0 saturated heterocycles. The molecule has 2 amide bonds. The Morgan fingerprint density at radius 2 is 2.00 bits per heavy atom. The summed E-state index contributed by atoms with van der Waals surface area (Å²) in [6.07, 6.45) is 0.747. The smallest absolute Gasteiger partial charge is 0.269 e. The summed E-state index contributed by atoms with van der Waals surface area (Å²) in [6, 6.07) is 6.34. The molecule has 0 aliphatic rings. The van der Waals surface area contributed by atoms with Gasteiger partial charge < -0.3 is 0 Å². The van der Waals surface area contributed by atoms with Gasteiger partial charge in [0.05, 0.1) is 5.75 Å². The molecule has 0 saturated carbocycles. The van der Waals surface area contributed by atoms with Gasteiger partial charge in [0.1, 0.15) is 5.82 Å². The molecule has 0 fully saturated rings. The highest BCUT2D eigenvalue weighted by molar-refractivity contribution is 7.99. The number of aromatic amines is 1. The van der Waals surface area contributed by atoms with Crippen molar-refractivity contribution in [2.75, 3.05) is 5.75 Å². The summed E-state index contributed by atoms with van der Waals surface area (Å²) in [5.74, 6) is 0.0948. The van der Waals surface area contributed by atoms with E-state index in [2.05, 4.69) is 26.0 Å². The summed E-state index contributed by atoms with van der Waals surface area (Å²) in [6.45, 7) is 1.95. The molecule has 22 heavy (non-hydrogen) atoms. The zero-order chi connectivity index (χ0) is 15.9. The molecule has 0 spiro atoms. The van der Waals surface area contributed by atoms with Crippen molar-refractivity contribution in [3.05, 3.63) is 40.7 Å². The number of H-pyrrole nitrogens is 1. The largest absolute Gasteiger partial charge is 0.272 e. The highest BCUT2D eigenvalue weighted by atomic mass is 35.5. The maximum Gasteiger partial charge on any atom is 0.269 e. The summed E-state index contributed by atoms with van der Waals surface area (Å²) in [5.41, 5.74) is 5.06. The molecule has 0 aliphatic carbocycles. The molecule has 0 aliphatic heterocycles. The van der Waals surface area contributed by atoms with Gasteiger partial charge in [-0.05, 0) is 24.3 Å². The molecule has 9 heteroatoms. The average molecular weight is 340 g/mol. The lowest BCUT2D eigenvalue weighted by Gasteiger charge is -2.06. The van der Waals surface area contributed by atoms with Gasteiger partial charge in [-0.15, -0.1) is 5.10 Å². The first kappa shape index (κ1) is 16.3. The minimum atomic E-state index is -0.416. The Kier molecular flexibility index (Phi) is 5.79. The number of thioether (sulfide) groups is 1. The van der Waals surface area contributed by atoms with E-state index >= 15 is 0 Å². The number of aromatic nitrogens is 3. The maximum atomic E-state index is 11.8. The van der Waals surface area contributed by atoms with Crippen molar-refractivity contribution in [2.24, 2.45) is 0 Å². The molecule has 0 radical (unpaired) electrons. The normalized spacial score (nSPS) is 10.3. The highest BCUT2D eigenvalue weighted by Gasteiger charge is 2.09. The Morgan fingerprint density at radius 3 is 2.64 bits per heavy atom. The first-order valence-electron chi connectivity index (χ1n) is 6.47. The minimum absolute atomic E-state index is 0.0991. The Bertz CT molecular complexity index is 659. The number of hydrazine groups is 1. The van der Waals surface area contributed by atoms with Gasteiger partial charge >= 0.3 is 0 Å². The SMILES string of the molecule is CCc1nc(SCC(=O)NNC(=O)c2ccc(Cl)cc2)n[nH]1. The van der Waals surface area contributed by atoms with Crippen molar-refractivity contribution in [2.45, 2.75) is 18.5 Å². The van der Waals surface area contributed by atoms with Crippen molar-refractivity contribution in [3.63, 3.8) is 0 Å². The van der Waals surface area contributed by atoms with E-state index in [1.54, 1.807) is 24.3 Å². The highest BCUT2D eigenvalue weighted by Crippen LogP contribution is 2.11. The molecule has 2 rings (SSSR count). The predicted molar refractivity (Wildman–Crippen MR) is 83.5 cm³/mol. The van der Waals surface area contributed by atoms with Gasteiger partial charge in [0.15, 0.2) is 0 Å². The van der Waals surface area contributed by atoms with E-state index in [1.807, 2.05) is 6.92 Å². The van der Waals surface area contributed by atoms with Crippen LogP contribution in [0.25, 0.3) is 0 Å². The fraction of sp³-hybridized carbons (Fsp3) is 0.231. The van der Waals surface area contributed by atoms with Crippen LogP contribution in [0.2, 0.25) is 5.02 Å². The van der Waals surface area contributed by atoms with E-state index in [4.69, 9.17) is 11.6 Å². The van der Waals surface area contributed by atoms with Crippen LogP contribution >= 0.6 is 23.4 Å². The van der Waals surface area contributed by atoms with Crippen molar-refractivity contribution in [3.8, 4) is 0 Å². The zero-order valence-electron chi connectivity index (χ0n) is 11.7. The van der Waals surface area contributed by atoms with E-state index in [9.17, 15) is 9.59 Å². The third kappa shape index (κ3) is 4.74. The zero-order valence-corrected chi connectivity index (χ0v) is 13.3. The molecule has 1 heterocycles. The summed E-state index contributed by atoms with van der Waals surface area (Å²) in [5, 5.41) is 7.75. The van der Waals surface area contributed by atoms with Crippen molar-refractivity contribution in [1.29, 1.82) is 0 Å². The van der Waals surface area contributed by atoms with Gasteiger partial charge in [0.2, 0.25) is 11.1 Å². The van der Waals surface area contributed by atoms with Gasteiger partial charge in [-0.25, -0.2) is 4.98 Å². The topological polar surface area (TPSA) is 99.8 Å². The number of hydrogen-bond acceptors (Lipinski definition) is 5. The number of hydrogen-bond donors (Lipinski definition) is 3. The minimum Gasteiger partial charge on any atom is -0.272 e. The first-order valence-corrected chi connectivity index (χ1v) is 7.83. The van der Waals surface area contributed by atoms with Gasteiger partial charge in [0.25, 0.3) is 5.91 Å². The Morgan fingerprint density at radius 1 is 1.27 bits per heavy atom. The lowest BCUT2D eigenvalue weighted by atomic mass is 10.2. The maximum absolute atomic E-state index is 11.8. The summed E-state index contributed by atoms with van der Waals surface area (Å²) < 4.78 is 0. The predicted octanol–water partition coefficient (Wildman–Crippen LogP) is 1.57. The van der Waals surface area contributed by atoms with Crippen LogP contribution in [0.4, 0.5) is 0 Å². The van der Waals surface area contributed by atoms with Crippen LogP contribution in [0.1, 0.15) is 23.1 Å². The van der Waals surface area contributed by atoms with E-state index in [0.717, 1.165) is 12.2 Å². The number of carbonyl (C=O) groups excluding carboxylic acids is 2. The molecular formula is C13H14ClN5O2S. The van der Waals surface area contributed by atoms with E-state index in [0.29, 0.717) is 15.7 Å². The molecule has 7 nitrogen and oxygen atoms in total. The number of benzene rings is 1. The van der Waals surface area contributed by atoms with Gasteiger partial charge in [0, 0.05) is 17.0 Å². The summed E-state index contributed by atoms with van der Waals surface area (Å²) >= 11 is 6.92. The third-order valence-electron chi connectivity index (χ3n) is 2.60. The number of aryl methyl sites for hydroxylation is 1. The van der Waals surface area contributed by atoms with Crippen molar-refractivity contribution >= 4 is 35.2 Å². The monoisotopic (exact) mass is 339 g/mol. The second kappa shape index (κ2) is 7.81. The summed E-state index contributed by atoms with van der Waals surface area (Å²) in [7, 11) is 0. The van der Waals surface area contributed by atoms with Crippen LogP contribution < -0.4 is 10.9 Å². The van der Waals surface area contributed by atoms with Crippen LogP contribution in [0.15, 0.2) is 29.4 Å². The number of nitrogens with one attached hydrogen (secondary N) is 3. The Labute approximate surface area is 136 Å². The lowest BCUT2D eigenvalue weighted by molar-refractivity contribution is -0.119. The number of amides is 2. The van der Waals surface area contributed by atoms with Gasteiger partial charge in [-0.1, -0.05) is 30.3 Å². The first-order chi connectivity index (χ1) is 10.6. The van der Waals surface area contributed by atoms with Crippen molar-refractivity contribution < 1.29 is 9.59 Å². The van der Waals surface area contributed by atoms with Crippen LogP contribution in [0.5, 0.6) is 0 Å². The van der Waals surface area contributed by atoms with E-state index in [1.165, 1.54) is 11.8 Å². The number of rotatable bonds is 5. The Balaban J connectivity index is 1.75. The fourth-order valence-electron chi connectivity index (χ4n) is 1.47.